The van der Waals surface area contributed by atoms with E-state index in [-0.39, 0.29) is 36.2 Å². The monoisotopic (exact) mass is 728 g/mol. The Morgan fingerprint density at radius 2 is 1.02 bits per heavy atom. The Morgan fingerprint density at radius 1 is 0.608 bits per heavy atom. The SMILES string of the molecule is Cc1cc(OCC(O)CNC(C)COCC(C)NCC(O)COc2cc(C)c3sc4ccccc4c(=O)c3c2)cc2c(=O)c3ccccc3sc12. The lowest BCUT2D eigenvalue weighted by molar-refractivity contribution is 0.0730. The van der Waals surface area contributed by atoms with Gasteiger partial charge >= 0.3 is 0 Å². The highest BCUT2D eigenvalue weighted by atomic mass is 32.1. The van der Waals surface area contributed by atoms with Crippen molar-refractivity contribution in [2.75, 3.05) is 39.5 Å². The molecule has 6 aromatic rings. The number of hydrogen-bond acceptors (Lipinski definition) is 11. The molecule has 4 aromatic carbocycles. The van der Waals surface area contributed by atoms with E-state index in [0.717, 1.165) is 29.9 Å². The minimum absolute atomic E-state index is 0.00891. The number of rotatable bonds is 16. The fourth-order valence-corrected chi connectivity index (χ4v) is 8.21. The van der Waals surface area contributed by atoms with Crippen molar-refractivity contribution >= 4 is 63.0 Å². The Bertz CT molecular complexity index is 2110. The van der Waals surface area contributed by atoms with Crippen LogP contribution < -0.4 is 31.0 Å². The lowest BCUT2D eigenvalue weighted by Gasteiger charge is -2.20. The van der Waals surface area contributed by atoms with Gasteiger partial charge in [-0.3, -0.25) is 9.59 Å². The first-order valence-electron chi connectivity index (χ1n) is 17.2. The van der Waals surface area contributed by atoms with Crippen LogP contribution in [0.2, 0.25) is 0 Å². The quantitative estimate of drug-likeness (QED) is 0.0901. The molecular weight excluding hydrogens is 685 g/mol. The number of ether oxygens (including phenoxy) is 3. The maximum atomic E-state index is 13.1. The molecule has 9 nitrogen and oxygen atoms in total. The van der Waals surface area contributed by atoms with Crippen LogP contribution in [0.4, 0.5) is 0 Å². The van der Waals surface area contributed by atoms with E-state index in [1.807, 2.05) is 88.4 Å². The highest BCUT2D eigenvalue weighted by Gasteiger charge is 2.15. The number of nitrogens with one attached hydrogen (secondary N) is 2. The fourth-order valence-electron chi connectivity index (χ4n) is 5.97. The second-order valence-electron chi connectivity index (χ2n) is 13.2. The summed E-state index contributed by atoms with van der Waals surface area (Å²) in [6.45, 7) is 9.58. The van der Waals surface area contributed by atoms with Crippen LogP contribution in [0.1, 0.15) is 25.0 Å². The molecule has 6 rings (SSSR count). The molecule has 0 aliphatic carbocycles. The molecule has 0 saturated heterocycles. The Morgan fingerprint density at radius 3 is 1.45 bits per heavy atom. The van der Waals surface area contributed by atoms with Crippen LogP contribution in [0.3, 0.4) is 0 Å². The number of benzene rings is 4. The molecule has 0 aliphatic heterocycles. The first kappa shape index (κ1) is 36.8. The molecule has 11 heteroatoms. The van der Waals surface area contributed by atoms with Gasteiger partial charge in [-0.15, -0.1) is 22.7 Å². The summed E-state index contributed by atoms with van der Waals surface area (Å²) < 4.78 is 21.5. The molecule has 0 spiro atoms. The van der Waals surface area contributed by atoms with Gasteiger partial charge < -0.3 is 35.1 Å². The minimum Gasteiger partial charge on any atom is -0.491 e. The van der Waals surface area contributed by atoms with E-state index in [4.69, 9.17) is 14.2 Å². The highest BCUT2D eigenvalue weighted by molar-refractivity contribution is 7.25. The van der Waals surface area contributed by atoms with Gasteiger partial charge in [-0.2, -0.15) is 0 Å². The van der Waals surface area contributed by atoms with Gasteiger partial charge in [-0.25, -0.2) is 0 Å². The third-order valence-electron chi connectivity index (χ3n) is 8.70. The van der Waals surface area contributed by atoms with Crippen LogP contribution in [-0.2, 0) is 4.74 Å². The zero-order chi connectivity index (χ0) is 36.1. The van der Waals surface area contributed by atoms with Crippen LogP contribution in [0, 0.1) is 13.8 Å². The first-order chi connectivity index (χ1) is 24.6. The molecule has 268 valence electrons. The predicted octanol–water partition coefficient (Wildman–Crippen LogP) is 5.91. The third-order valence-corrected chi connectivity index (χ3v) is 11.3. The van der Waals surface area contributed by atoms with Crippen molar-refractivity contribution in [2.45, 2.75) is 52.0 Å². The van der Waals surface area contributed by atoms with Crippen molar-refractivity contribution in [3.63, 3.8) is 0 Å². The Balaban J connectivity index is 0.885. The van der Waals surface area contributed by atoms with Gasteiger partial charge in [0, 0.05) is 65.5 Å². The average Bonchev–Trinajstić information content (AvgIpc) is 3.12. The van der Waals surface area contributed by atoms with Gasteiger partial charge in [0.25, 0.3) is 0 Å². The summed E-state index contributed by atoms with van der Waals surface area (Å²) in [5.41, 5.74) is 1.90. The van der Waals surface area contributed by atoms with Gasteiger partial charge in [0.2, 0.25) is 0 Å². The minimum atomic E-state index is -0.750. The molecule has 4 unspecified atom stereocenters. The topological polar surface area (TPSA) is 126 Å². The zero-order valence-corrected chi connectivity index (χ0v) is 30.9. The van der Waals surface area contributed by atoms with Crippen molar-refractivity contribution in [1.29, 1.82) is 0 Å². The van der Waals surface area contributed by atoms with Gasteiger partial charge in [0.15, 0.2) is 10.9 Å². The lowest BCUT2D eigenvalue weighted by atomic mass is 10.1. The smallest absolute Gasteiger partial charge is 0.196 e. The normalized spacial score (nSPS) is 14.2. The Labute approximate surface area is 304 Å². The van der Waals surface area contributed by atoms with Crippen LogP contribution in [0.15, 0.2) is 82.4 Å². The molecule has 0 amide bonds. The number of fused-ring (bicyclic) bond motifs is 4. The summed E-state index contributed by atoms with van der Waals surface area (Å²) >= 11 is 3.19. The summed E-state index contributed by atoms with van der Waals surface area (Å²) in [4.78, 5) is 26.2. The molecule has 0 fully saturated rings. The molecule has 2 aromatic heterocycles. The van der Waals surface area contributed by atoms with Gasteiger partial charge in [0.1, 0.15) is 36.9 Å². The predicted molar refractivity (Wildman–Crippen MR) is 209 cm³/mol. The molecule has 0 aliphatic rings. The molecule has 0 saturated carbocycles. The first-order valence-corrected chi connectivity index (χ1v) is 18.8. The van der Waals surface area contributed by atoms with Crippen molar-refractivity contribution in [1.82, 2.24) is 10.6 Å². The summed E-state index contributed by atoms with van der Waals surface area (Å²) in [6.07, 6.45) is -1.50. The molecule has 51 heavy (non-hydrogen) atoms. The van der Waals surface area contributed by atoms with Crippen molar-refractivity contribution in [3.05, 3.63) is 104 Å². The lowest BCUT2D eigenvalue weighted by Crippen LogP contribution is -2.41. The van der Waals surface area contributed by atoms with Crippen molar-refractivity contribution in [2.24, 2.45) is 0 Å². The van der Waals surface area contributed by atoms with Crippen LogP contribution in [0.25, 0.3) is 40.3 Å². The largest absolute Gasteiger partial charge is 0.491 e. The van der Waals surface area contributed by atoms with Crippen LogP contribution >= 0.6 is 22.7 Å². The average molecular weight is 729 g/mol. The maximum Gasteiger partial charge on any atom is 0.196 e. The number of aliphatic hydroxyl groups is 2. The molecule has 4 atom stereocenters. The van der Waals surface area contributed by atoms with Crippen LogP contribution in [-0.4, -0.2) is 74.0 Å². The number of aliphatic hydroxyl groups excluding tert-OH is 2. The van der Waals surface area contributed by atoms with E-state index < -0.39 is 12.2 Å². The summed E-state index contributed by atoms with van der Waals surface area (Å²) in [6, 6.07) is 22.6. The molecule has 0 bridgehead atoms. The van der Waals surface area contributed by atoms with E-state index in [1.165, 1.54) is 0 Å². The molecule has 0 radical (unpaired) electrons. The van der Waals surface area contributed by atoms with Crippen molar-refractivity contribution < 1.29 is 24.4 Å². The molecule has 2 heterocycles. The van der Waals surface area contributed by atoms with Crippen LogP contribution in [0.5, 0.6) is 11.5 Å². The number of hydrogen-bond donors (Lipinski definition) is 4. The van der Waals surface area contributed by atoms with Gasteiger partial charge in [-0.1, -0.05) is 24.3 Å². The molecule has 4 N–H and O–H groups in total. The zero-order valence-electron chi connectivity index (χ0n) is 29.2. The summed E-state index contributed by atoms with van der Waals surface area (Å²) in [7, 11) is 0. The van der Waals surface area contributed by atoms with E-state index >= 15 is 0 Å². The highest BCUT2D eigenvalue weighted by Crippen LogP contribution is 2.32. The third kappa shape index (κ3) is 8.93. The second-order valence-corrected chi connectivity index (χ2v) is 15.3. The van der Waals surface area contributed by atoms with E-state index in [1.54, 1.807) is 34.8 Å². The fraction of sp³-hybridized carbons (Fsp3) is 0.350. The van der Waals surface area contributed by atoms with Crippen molar-refractivity contribution in [3.8, 4) is 11.5 Å². The number of aryl methyl sites for hydroxylation is 2. The van der Waals surface area contributed by atoms with E-state index in [9.17, 15) is 19.8 Å². The van der Waals surface area contributed by atoms with E-state index in [0.29, 0.717) is 59.3 Å². The van der Waals surface area contributed by atoms with E-state index in [2.05, 4.69) is 10.6 Å². The summed E-state index contributed by atoms with van der Waals surface area (Å²) in [5.74, 6) is 1.12. The Hall–Kier alpha value is -3.94. The van der Waals surface area contributed by atoms with Gasteiger partial charge in [0.05, 0.1) is 13.2 Å². The standard InChI is InChI=1S/C40H44N2O7S2/c1-23-13-29(15-33-37(45)31-9-5-7-11-35(31)50-39(23)33)48-21-27(43)17-41-25(3)19-47-20-26(4)42-18-28(44)22-49-30-14-24(2)40-34(16-30)38(46)32-10-6-8-12-36(32)51-40/h5-16,25-28,41-44H,17-22H2,1-4H3. The van der Waals surface area contributed by atoms with Gasteiger partial charge in [-0.05, 0) is 87.4 Å². The molecular formula is C40H44N2O7S2. The maximum absolute atomic E-state index is 13.1. The summed E-state index contributed by atoms with van der Waals surface area (Å²) in [5, 5.41) is 30.3. The second kappa shape index (κ2) is 16.6. The Kier molecular flexibility index (Phi) is 12.0.